The molecule has 1 spiro atoms. The summed E-state index contributed by atoms with van der Waals surface area (Å²) in [4.78, 5) is 0. The number of hydrogen-bond acceptors (Lipinski definition) is 2. The van der Waals surface area contributed by atoms with E-state index in [-0.39, 0.29) is 0 Å². The molecule has 0 nitrogen and oxygen atoms in total. The quantitative estimate of drug-likeness (QED) is 0.605. The van der Waals surface area contributed by atoms with E-state index in [2.05, 4.69) is 23.5 Å². The van der Waals surface area contributed by atoms with Crippen LogP contribution < -0.4 is 0 Å². The van der Waals surface area contributed by atoms with Gasteiger partial charge in [0.25, 0.3) is 0 Å². The summed E-state index contributed by atoms with van der Waals surface area (Å²) in [6, 6.07) is 0. The van der Waals surface area contributed by atoms with Crippen LogP contribution in [0.15, 0.2) is 0 Å². The fraction of sp³-hybridized carbons (Fsp3) is 1.00. The molecule has 0 unspecified atom stereocenters. The summed E-state index contributed by atoms with van der Waals surface area (Å²) in [5.41, 5.74) is 0.805. The van der Waals surface area contributed by atoms with E-state index in [1.807, 2.05) is 0 Å². The molecule has 2 aliphatic carbocycles. The molecule has 0 aromatic heterocycles. The van der Waals surface area contributed by atoms with E-state index in [0.717, 1.165) is 15.9 Å². The highest BCUT2D eigenvalue weighted by atomic mass is 32.2. The van der Waals surface area contributed by atoms with E-state index < -0.39 is 0 Å². The predicted octanol–water partition coefficient (Wildman–Crippen LogP) is 3.56. The van der Waals surface area contributed by atoms with Gasteiger partial charge in [-0.25, -0.2) is 0 Å². The van der Waals surface area contributed by atoms with E-state index in [1.165, 1.54) is 50.0 Å². The van der Waals surface area contributed by atoms with Crippen LogP contribution in [0.5, 0.6) is 0 Å². The molecule has 1 aliphatic heterocycles. The predicted molar refractivity (Wildman–Crippen MR) is 62.6 cm³/mol. The molecule has 0 N–H and O–H groups in total. The average Bonchev–Trinajstić information content (AvgIpc) is 2.43. The molecule has 0 aromatic carbocycles. The second-order valence-electron chi connectivity index (χ2n) is 4.98. The van der Waals surface area contributed by atoms with Crippen molar-refractivity contribution >= 4 is 23.5 Å². The molecule has 2 heteroatoms. The van der Waals surface area contributed by atoms with Gasteiger partial charge in [0.2, 0.25) is 0 Å². The molecule has 2 atom stereocenters. The largest absolute Gasteiger partial charge is 0.157 e. The molecule has 1 heterocycles. The van der Waals surface area contributed by atoms with Gasteiger partial charge in [0.1, 0.15) is 0 Å². The molecule has 3 fully saturated rings. The molecular weight excluding hydrogens is 196 g/mol. The van der Waals surface area contributed by atoms with Crippen LogP contribution in [0.3, 0.4) is 0 Å². The lowest BCUT2D eigenvalue weighted by Gasteiger charge is -2.40. The fourth-order valence-corrected chi connectivity index (χ4v) is 6.73. The second kappa shape index (κ2) is 3.37. The van der Waals surface area contributed by atoms with Gasteiger partial charge in [-0.1, -0.05) is 12.8 Å². The Hall–Kier alpha value is 0.700. The summed E-state index contributed by atoms with van der Waals surface area (Å²) in [6.45, 7) is 0. The highest BCUT2D eigenvalue weighted by molar-refractivity contribution is 8.04. The lowest BCUT2D eigenvalue weighted by Crippen LogP contribution is -2.34. The summed E-state index contributed by atoms with van der Waals surface area (Å²) in [5, 5.41) is 2.06. The number of rotatable bonds is 0. The average molecular weight is 214 g/mol. The van der Waals surface area contributed by atoms with Crippen molar-refractivity contribution in [3.05, 3.63) is 0 Å². The first-order chi connectivity index (χ1) is 6.38. The Kier molecular flexibility index (Phi) is 2.33. The van der Waals surface area contributed by atoms with E-state index in [4.69, 9.17) is 0 Å². The summed E-state index contributed by atoms with van der Waals surface area (Å²) in [6.07, 6.45) is 9.11. The maximum absolute atomic E-state index is 2.32. The zero-order chi connectivity index (χ0) is 8.73. The minimum Gasteiger partial charge on any atom is -0.157 e. The third-order valence-electron chi connectivity index (χ3n) is 4.01. The molecule has 1 saturated heterocycles. The molecule has 0 amide bonds. The Morgan fingerprint density at radius 2 is 1.46 bits per heavy atom. The molecule has 3 rings (SSSR count). The first-order valence-corrected chi connectivity index (χ1v) is 7.71. The third kappa shape index (κ3) is 1.54. The van der Waals surface area contributed by atoms with Gasteiger partial charge in [-0.2, -0.15) is 23.5 Å². The Morgan fingerprint density at radius 1 is 0.846 bits per heavy atom. The Labute approximate surface area is 89.6 Å². The maximum atomic E-state index is 2.32. The molecule has 0 radical (unpaired) electrons. The summed E-state index contributed by atoms with van der Waals surface area (Å²) < 4.78 is 0. The van der Waals surface area contributed by atoms with E-state index in [9.17, 15) is 0 Å². The SMILES string of the molecule is C1C[C@@H]2SCC3(CCC3)CS[C@H]2C1. The molecule has 74 valence electrons. The Morgan fingerprint density at radius 3 is 1.92 bits per heavy atom. The number of thioether (sulfide) groups is 2. The fourth-order valence-electron chi connectivity index (χ4n) is 2.85. The molecule has 0 bridgehead atoms. The topological polar surface area (TPSA) is 0 Å². The smallest absolute Gasteiger partial charge is 0.0166 e. The lowest BCUT2D eigenvalue weighted by molar-refractivity contribution is 0.205. The van der Waals surface area contributed by atoms with Crippen LogP contribution in [-0.2, 0) is 0 Å². The monoisotopic (exact) mass is 214 g/mol. The minimum absolute atomic E-state index is 0.805. The van der Waals surface area contributed by atoms with E-state index in [1.54, 1.807) is 0 Å². The number of hydrogen-bond donors (Lipinski definition) is 0. The summed E-state index contributed by atoms with van der Waals surface area (Å²) in [5.74, 6) is 2.97. The van der Waals surface area contributed by atoms with Crippen molar-refractivity contribution in [3.63, 3.8) is 0 Å². The van der Waals surface area contributed by atoms with E-state index >= 15 is 0 Å². The zero-order valence-corrected chi connectivity index (χ0v) is 9.76. The van der Waals surface area contributed by atoms with Gasteiger partial charge in [-0.3, -0.25) is 0 Å². The first kappa shape index (κ1) is 8.96. The van der Waals surface area contributed by atoms with Crippen LogP contribution in [0.1, 0.15) is 38.5 Å². The van der Waals surface area contributed by atoms with Crippen molar-refractivity contribution in [3.8, 4) is 0 Å². The Balaban J connectivity index is 1.69. The summed E-state index contributed by atoms with van der Waals surface area (Å²) >= 11 is 4.63. The Bertz CT molecular complexity index is 182. The van der Waals surface area contributed by atoms with Crippen molar-refractivity contribution in [2.45, 2.75) is 49.0 Å². The minimum atomic E-state index is 0.805. The van der Waals surface area contributed by atoms with Gasteiger partial charge in [-0.05, 0) is 31.1 Å². The molecule has 3 aliphatic rings. The van der Waals surface area contributed by atoms with Crippen LogP contribution in [0.2, 0.25) is 0 Å². The molecular formula is C11H18S2. The first-order valence-electron chi connectivity index (χ1n) is 5.61. The molecule has 2 saturated carbocycles. The second-order valence-corrected chi connectivity index (χ2v) is 7.44. The summed E-state index contributed by atoms with van der Waals surface area (Å²) in [7, 11) is 0. The molecule has 13 heavy (non-hydrogen) atoms. The normalized spacial score (nSPS) is 42.5. The zero-order valence-electron chi connectivity index (χ0n) is 8.13. The van der Waals surface area contributed by atoms with Crippen LogP contribution in [-0.4, -0.2) is 22.0 Å². The highest BCUT2D eigenvalue weighted by Gasteiger charge is 2.42. The van der Waals surface area contributed by atoms with Crippen molar-refractivity contribution in [1.82, 2.24) is 0 Å². The van der Waals surface area contributed by atoms with Crippen molar-refractivity contribution in [2.75, 3.05) is 11.5 Å². The van der Waals surface area contributed by atoms with Gasteiger partial charge in [0.15, 0.2) is 0 Å². The van der Waals surface area contributed by atoms with Crippen LogP contribution in [0.4, 0.5) is 0 Å². The third-order valence-corrected chi connectivity index (χ3v) is 7.73. The molecule has 0 aromatic rings. The van der Waals surface area contributed by atoms with Gasteiger partial charge < -0.3 is 0 Å². The standard InChI is InChI=1S/C11H18S2/c1-3-9-10(4-1)13-8-11(7-12-9)5-2-6-11/h9-10H,1-8H2/t9-,10-/m0/s1. The van der Waals surface area contributed by atoms with E-state index in [0.29, 0.717) is 0 Å². The highest BCUT2D eigenvalue weighted by Crippen LogP contribution is 2.53. The maximum Gasteiger partial charge on any atom is 0.0166 e. The van der Waals surface area contributed by atoms with Gasteiger partial charge in [0.05, 0.1) is 0 Å². The number of fused-ring (bicyclic) bond motifs is 1. The van der Waals surface area contributed by atoms with Gasteiger partial charge >= 0.3 is 0 Å². The van der Waals surface area contributed by atoms with Gasteiger partial charge in [0, 0.05) is 22.0 Å². The van der Waals surface area contributed by atoms with Crippen molar-refractivity contribution in [1.29, 1.82) is 0 Å². The lowest BCUT2D eigenvalue weighted by atomic mass is 9.72. The van der Waals surface area contributed by atoms with Crippen LogP contribution in [0, 0.1) is 5.41 Å². The van der Waals surface area contributed by atoms with Crippen molar-refractivity contribution < 1.29 is 0 Å². The van der Waals surface area contributed by atoms with Crippen LogP contribution in [0.25, 0.3) is 0 Å². The van der Waals surface area contributed by atoms with Crippen LogP contribution >= 0.6 is 23.5 Å². The van der Waals surface area contributed by atoms with Gasteiger partial charge in [-0.15, -0.1) is 0 Å². The van der Waals surface area contributed by atoms with Crippen molar-refractivity contribution in [2.24, 2.45) is 5.41 Å².